The number of anilines is 5. The first-order valence-electron chi connectivity index (χ1n) is 13.5. The van der Waals surface area contributed by atoms with Gasteiger partial charge < -0.3 is 30.1 Å². The molecule has 12 heteroatoms. The van der Waals surface area contributed by atoms with Crippen LogP contribution in [0.25, 0.3) is 0 Å². The molecule has 1 fully saturated rings. The smallest absolute Gasteiger partial charge is 0.342 e. The molecule has 2 N–H and O–H groups in total. The van der Waals surface area contributed by atoms with Gasteiger partial charge in [-0.2, -0.15) is 13.8 Å². The number of likely N-dealkylation sites (tertiary alicyclic amines) is 1. The maximum Gasteiger partial charge on any atom is 0.342 e. The van der Waals surface area contributed by atoms with Gasteiger partial charge in [-0.05, 0) is 49.7 Å². The lowest BCUT2D eigenvalue weighted by molar-refractivity contribution is -0.140. The number of para-hydroxylation sites is 1. The average Bonchev–Trinajstić information content (AvgIpc) is 3.06. The van der Waals surface area contributed by atoms with Gasteiger partial charge in [0.2, 0.25) is 5.95 Å². The van der Waals surface area contributed by atoms with E-state index in [-0.39, 0.29) is 29.4 Å². The van der Waals surface area contributed by atoms with Crippen LogP contribution in [0.4, 0.5) is 37.6 Å². The maximum absolute atomic E-state index is 14.9. The Balaban J connectivity index is 1.40. The fourth-order valence-electron chi connectivity index (χ4n) is 5.10. The van der Waals surface area contributed by atoms with E-state index in [1.807, 2.05) is 0 Å². The van der Waals surface area contributed by atoms with Crippen molar-refractivity contribution in [1.82, 2.24) is 20.2 Å². The molecular formula is C29H33F2N7O3. The highest BCUT2D eigenvalue weighted by Crippen LogP contribution is 2.40. The van der Waals surface area contributed by atoms with Crippen molar-refractivity contribution >= 4 is 40.6 Å². The summed E-state index contributed by atoms with van der Waals surface area (Å²) in [7, 11) is 2.76. The van der Waals surface area contributed by atoms with Gasteiger partial charge >= 0.3 is 5.92 Å². The van der Waals surface area contributed by atoms with Crippen molar-refractivity contribution in [3.05, 3.63) is 60.3 Å². The molecule has 216 valence electrons. The summed E-state index contributed by atoms with van der Waals surface area (Å²) < 4.78 is 35.3. The van der Waals surface area contributed by atoms with Crippen LogP contribution < -0.4 is 25.2 Å². The lowest BCUT2D eigenvalue weighted by atomic mass is 10.0. The van der Waals surface area contributed by atoms with Gasteiger partial charge in [0.1, 0.15) is 11.4 Å². The minimum Gasteiger partial charge on any atom is -0.495 e. The number of carbonyl (C=O) groups is 2. The molecule has 0 saturated carbocycles. The van der Waals surface area contributed by atoms with E-state index >= 15 is 0 Å². The SMILES string of the molecule is CCN1CCC(NC(=O)c2ccc(Nc3ncc4c(n3)N(c3ccccc3)CC(F)(F)C(=O)N4C)c(OC)c2)CC1. The van der Waals surface area contributed by atoms with E-state index in [1.165, 1.54) is 25.3 Å². The predicted molar refractivity (Wildman–Crippen MR) is 153 cm³/mol. The first kappa shape index (κ1) is 28.2. The summed E-state index contributed by atoms with van der Waals surface area (Å²) in [6, 6.07) is 13.7. The molecule has 5 rings (SSSR count). The second kappa shape index (κ2) is 11.7. The fourth-order valence-corrected chi connectivity index (χ4v) is 5.10. The van der Waals surface area contributed by atoms with Crippen LogP contribution in [0.15, 0.2) is 54.7 Å². The van der Waals surface area contributed by atoms with Crippen molar-refractivity contribution in [2.75, 3.05) is 55.5 Å². The highest BCUT2D eigenvalue weighted by molar-refractivity contribution is 6.02. The summed E-state index contributed by atoms with van der Waals surface area (Å²) in [4.78, 5) is 38.8. The van der Waals surface area contributed by atoms with Crippen LogP contribution in [-0.4, -0.2) is 79.0 Å². The molecule has 2 aliphatic rings. The van der Waals surface area contributed by atoms with Crippen LogP contribution in [0.5, 0.6) is 5.75 Å². The van der Waals surface area contributed by atoms with Crippen molar-refractivity contribution < 1.29 is 23.1 Å². The third kappa shape index (κ3) is 5.92. The van der Waals surface area contributed by atoms with Gasteiger partial charge in [-0.15, -0.1) is 0 Å². The Labute approximate surface area is 237 Å². The highest BCUT2D eigenvalue weighted by Gasteiger charge is 2.47. The minimum atomic E-state index is -3.65. The molecule has 0 atom stereocenters. The number of aromatic nitrogens is 2. The summed E-state index contributed by atoms with van der Waals surface area (Å²) >= 11 is 0. The molecule has 41 heavy (non-hydrogen) atoms. The molecule has 3 aromatic rings. The van der Waals surface area contributed by atoms with Crippen molar-refractivity contribution in [3.8, 4) is 5.75 Å². The lowest BCUT2D eigenvalue weighted by Gasteiger charge is -2.31. The minimum absolute atomic E-state index is 0.105. The Bertz CT molecular complexity index is 1410. The Morgan fingerprint density at radius 2 is 1.88 bits per heavy atom. The molecule has 0 radical (unpaired) electrons. The number of amides is 2. The molecule has 2 amide bonds. The summed E-state index contributed by atoms with van der Waals surface area (Å²) in [6.07, 6.45) is 3.13. The standard InChI is InChI=1S/C29H33F2N7O3/c1-4-37-14-12-20(13-15-37)33-26(39)19-10-11-22(24(16-19)41-3)34-28-32-17-23-25(35-28)38(21-8-6-5-7-9-21)18-29(30,31)27(40)36(23)2/h5-11,16-17,20H,4,12-15,18H2,1-3H3,(H,33,39)(H,32,34,35). The van der Waals surface area contributed by atoms with E-state index in [0.29, 0.717) is 22.7 Å². The number of carbonyl (C=O) groups excluding carboxylic acids is 2. The Hall–Kier alpha value is -4.32. The monoisotopic (exact) mass is 565 g/mol. The van der Waals surface area contributed by atoms with Gasteiger partial charge in [-0.1, -0.05) is 25.1 Å². The van der Waals surface area contributed by atoms with Crippen LogP contribution in [0.2, 0.25) is 0 Å². The zero-order valence-corrected chi connectivity index (χ0v) is 23.2. The summed E-state index contributed by atoms with van der Waals surface area (Å²) in [5.74, 6) is -4.53. The van der Waals surface area contributed by atoms with Gasteiger partial charge in [0.05, 0.1) is 25.5 Å². The molecule has 3 heterocycles. The van der Waals surface area contributed by atoms with Gasteiger partial charge in [0, 0.05) is 37.4 Å². The molecular weight excluding hydrogens is 532 g/mol. The van der Waals surface area contributed by atoms with Crippen molar-refractivity contribution in [2.45, 2.75) is 31.7 Å². The second-order valence-electron chi connectivity index (χ2n) is 10.1. The highest BCUT2D eigenvalue weighted by atomic mass is 19.3. The molecule has 1 saturated heterocycles. The maximum atomic E-state index is 14.9. The van der Waals surface area contributed by atoms with E-state index in [0.717, 1.165) is 37.4 Å². The van der Waals surface area contributed by atoms with Crippen LogP contribution in [0.1, 0.15) is 30.1 Å². The van der Waals surface area contributed by atoms with Crippen LogP contribution in [0.3, 0.4) is 0 Å². The van der Waals surface area contributed by atoms with Crippen molar-refractivity contribution in [3.63, 3.8) is 0 Å². The van der Waals surface area contributed by atoms with E-state index in [2.05, 4.69) is 32.4 Å². The van der Waals surface area contributed by atoms with Gasteiger partial charge in [-0.25, -0.2) is 4.98 Å². The van der Waals surface area contributed by atoms with Gasteiger partial charge in [-0.3, -0.25) is 9.59 Å². The zero-order valence-electron chi connectivity index (χ0n) is 23.2. The molecule has 0 unspecified atom stereocenters. The number of hydrogen-bond donors (Lipinski definition) is 2. The van der Waals surface area contributed by atoms with E-state index < -0.39 is 18.4 Å². The summed E-state index contributed by atoms with van der Waals surface area (Å²) in [5.41, 5.74) is 1.53. The predicted octanol–water partition coefficient (Wildman–Crippen LogP) is 4.19. The number of benzene rings is 2. The Morgan fingerprint density at radius 1 is 1.15 bits per heavy atom. The topological polar surface area (TPSA) is 103 Å². The van der Waals surface area contributed by atoms with E-state index in [9.17, 15) is 18.4 Å². The third-order valence-electron chi connectivity index (χ3n) is 7.49. The molecule has 0 spiro atoms. The number of ether oxygens (including phenoxy) is 1. The molecule has 0 aliphatic carbocycles. The lowest BCUT2D eigenvalue weighted by Crippen LogP contribution is -2.45. The number of alkyl halides is 2. The fraction of sp³-hybridized carbons (Fsp3) is 0.379. The second-order valence-corrected chi connectivity index (χ2v) is 10.1. The van der Waals surface area contributed by atoms with Crippen molar-refractivity contribution in [1.29, 1.82) is 0 Å². The van der Waals surface area contributed by atoms with Crippen LogP contribution in [0, 0.1) is 0 Å². The number of methoxy groups -OCH3 is 1. The average molecular weight is 566 g/mol. The number of hydrogen-bond acceptors (Lipinski definition) is 8. The molecule has 2 aliphatic heterocycles. The van der Waals surface area contributed by atoms with Gasteiger partial charge in [0.25, 0.3) is 11.8 Å². The molecule has 0 bridgehead atoms. The largest absolute Gasteiger partial charge is 0.495 e. The number of piperidine rings is 1. The first-order chi connectivity index (χ1) is 19.7. The number of fused-ring (bicyclic) bond motifs is 1. The zero-order chi connectivity index (χ0) is 29.1. The number of nitrogens with one attached hydrogen (secondary N) is 2. The van der Waals surface area contributed by atoms with Crippen molar-refractivity contribution in [2.24, 2.45) is 0 Å². The molecule has 2 aromatic carbocycles. The van der Waals surface area contributed by atoms with Crippen LogP contribution >= 0.6 is 0 Å². The Kier molecular flexibility index (Phi) is 8.02. The van der Waals surface area contributed by atoms with Crippen LogP contribution in [-0.2, 0) is 4.79 Å². The first-order valence-corrected chi connectivity index (χ1v) is 13.5. The summed E-state index contributed by atoms with van der Waals surface area (Å²) in [6.45, 7) is 4.17. The third-order valence-corrected chi connectivity index (χ3v) is 7.49. The quantitative estimate of drug-likeness (QED) is 0.440. The van der Waals surface area contributed by atoms with E-state index in [4.69, 9.17) is 4.74 Å². The molecule has 10 nitrogen and oxygen atoms in total. The summed E-state index contributed by atoms with van der Waals surface area (Å²) in [5, 5.41) is 6.18. The number of rotatable bonds is 7. The Morgan fingerprint density at radius 3 is 2.56 bits per heavy atom. The molecule has 1 aromatic heterocycles. The van der Waals surface area contributed by atoms with Gasteiger partial charge in [0.15, 0.2) is 5.82 Å². The number of nitrogens with zero attached hydrogens (tertiary/aromatic N) is 5. The number of halogens is 2. The van der Waals surface area contributed by atoms with E-state index in [1.54, 1.807) is 48.5 Å². The normalized spacial score (nSPS) is 17.5.